The number of aromatic amines is 1. The minimum absolute atomic E-state index is 0.0150. The Kier molecular flexibility index (Phi) is 15.4. The molecule has 0 aliphatic heterocycles. The molecule has 6 aliphatic rings. The van der Waals surface area contributed by atoms with Gasteiger partial charge in [-0.15, -0.1) is 0 Å². The SMILES string of the molecule is COc1cc(S(=O)(=O)NC(=O)Nc2c3c(cc4c2CCC4)CCC3)ncn1.O=C(Nc1c2c(cc3c1CCC3)CCC2)NS(=O)(=O)c1cc[nH]c(=O)c1.O=C(Nc1c2c(cc3c1CCC3)CCC2)NS(=O)(=O)c1ccncc1. The van der Waals surface area contributed by atoms with E-state index in [2.05, 4.69) is 58.8 Å². The summed E-state index contributed by atoms with van der Waals surface area (Å²) < 4.78 is 85.2. The second kappa shape index (κ2) is 22.3. The molecule has 21 nitrogen and oxygen atoms in total. The molecule has 0 radical (unpaired) electrons. The summed E-state index contributed by atoms with van der Waals surface area (Å²) in [7, 11) is -10.8. The van der Waals surface area contributed by atoms with E-state index in [0.717, 1.165) is 184 Å². The molecule has 3 heterocycles. The first-order valence-corrected chi connectivity index (χ1v) is 30.4. The summed E-state index contributed by atoms with van der Waals surface area (Å²) in [5.41, 5.74) is 16.2. The number of pyridine rings is 2. The lowest BCUT2D eigenvalue weighted by atomic mass is 9.99. The Morgan fingerprint density at radius 2 is 0.846 bits per heavy atom. The molecule has 0 saturated carbocycles. The van der Waals surface area contributed by atoms with Crippen LogP contribution in [0, 0.1) is 0 Å². The maximum Gasteiger partial charge on any atom is 0.333 e. The Balaban J connectivity index is 0.000000132. The van der Waals surface area contributed by atoms with Crippen molar-refractivity contribution in [2.45, 2.75) is 130 Å². The number of carbonyl (C=O) groups is 3. The van der Waals surface area contributed by atoms with Crippen LogP contribution < -0.4 is 40.4 Å². The van der Waals surface area contributed by atoms with Gasteiger partial charge >= 0.3 is 18.1 Å². The third-order valence-electron chi connectivity index (χ3n) is 14.9. The molecule has 0 atom stereocenters. The van der Waals surface area contributed by atoms with Crippen molar-refractivity contribution in [1.82, 2.24) is 34.1 Å². The van der Waals surface area contributed by atoms with Crippen LogP contribution in [-0.2, 0) is 107 Å². The van der Waals surface area contributed by atoms with E-state index in [1.54, 1.807) is 0 Å². The van der Waals surface area contributed by atoms with Gasteiger partial charge in [-0.25, -0.2) is 55.4 Å². The number of anilines is 3. The number of aromatic nitrogens is 4. The number of hydrogen-bond donors (Lipinski definition) is 7. The van der Waals surface area contributed by atoms with Gasteiger partial charge in [-0.05, 0) is 201 Å². The van der Waals surface area contributed by atoms with Crippen molar-refractivity contribution < 1.29 is 44.4 Å². The van der Waals surface area contributed by atoms with E-state index in [-0.39, 0.29) is 20.7 Å². The van der Waals surface area contributed by atoms with E-state index in [0.29, 0.717) is 0 Å². The van der Waals surface area contributed by atoms with E-state index in [1.807, 2.05) is 9.44 Å². The number of rotatable bonds is 10. The molecular formula is C54H58N10O11S3. The van der Waals surface area contributed by atoms with Crippen LogP contribution in [-0.4, -0.2) is 70.4 Å². The molecule has 3 aromatic heterocycles. The Bertz CT molecular complexity index is 3700. The van der Waals surface area contributed by atoms with Crippen molar-refractivity contribution in [2.75, 3.05) is 23.1 Å². The van der Waals surface area contributed by atoms with Crippen LogP contribution in [0.4, 0.5) is 31.4 Å². The first kappa shape index (κ1) is 53.7. The molecule has 6 aromatic rings. The van der Waals surface area contributed by atoms with Crippen LogP contribution in [0.3, 0.4) is 0 Å². The molecule has 6 amide bonds. The van der Waals surface area contributed by atoms with E-state index in [4.69, 9.17) is 4.74 Å². The summed E-state index contributed by atoms with van der Waals surface area (Å²) in [6.45, 7) is 0. The highest BCUT2D eigenvalue weighted by Gasteiger charge is 2.30. The Morgan fingerprint density at radius 1 is 0.474 bits per heavy atom. The Hall–Kier alpha value is -7.70. The van der Waals surface area contributed by atoms with Crippen molar-refractivity contribution in [3.05, 3.63) is 151 Å². The Labute approximate surface area is 451 Å². The second-order valence-electron chi connectivity index (χ2n) is 19.9. The third kappa shape index (κ3) is 11.6. The normalized spacial score (nSPS) is 15.3. The number of methoxy groups -OCH3 is 1. The number of nitrogens with zero attached hydrogens (tertiary/aromatic N) is 3. The van der Waals surface area contributed by atoms with Gasteiger partial charge in [0.2, 0.25) is 11.4 Å². The summed E-state index contributed by atoms with van der Waals surface area (Å²) in [5, 5.41) is 8.06. The van der Waals surface area contributed by atoms with E-state index >= 15 is 0 Å². The number of amides is 6. The number of benzene rings is 3. The van der Waals surface area contributed by atoms with E-state index in [1.165, 1.54) is 77.3 Å². The molecule has 0 saturated heterocycles. The molecule has 3 aromatic carbocycles. The van der Waals surface area contributed by atoms with Crippen LogP contribution in [0.1, 0.15) is 105 Å². The molecule has 7 N–H and O–H groups in total. The fourth-order valence-electron chi connectivity index (χ4n) is 11.5. The van der Waals surface area contributed by atoms with Crippen LogP contribution >= 0.6 is 0 Å². The lowest BCUT2D eigenvalue weighted by molar-refractivity contribution is 0.255. The highest BCUT2D eigenvalue weighted by atomic mass is 32.2. The van der Waals surface area contributed by atoms with Gasteiger partial charge in [-0.3, -0.25) is 9.78 Å². The van der Waals surface area contributed by atoms with Crippen LogP contribution in [0.25, 0.3) is 0 Å². The fourth-order valence-corrected chi connectivity index (χ4v) is 14.2. The number of hydrogen-bond acceptors (Lipinski definition) is 14. The van der Waals surface area contributed by atoms with Crippen molar-refractivity contribution in [3.63, 3.8) is 0 Å². The summed E-state index contributed by atoms with van der Waals surface area (Å²) in [5.74, 6) is 0.101. The van der Waals surface area contributed by atoms with Gasteiger partial charge < -0.3 is 25.7 Å². The maximum absolute atomic E-state index is 12.5. The van der Waals surface area contributed by atoms with Crippen LogP contribution in [0.15, 0.2) is 93.1 Å². The number of urea groups is 3. The number of sulfonamides is 3. The molecular weight excluding hydrogens is 1060 g/mol. The average molecular weight is 1120 g/mol. The Morgan fingerprint density at radius 3 is 1.22 bits per heavy atom. The summed E-state index contributed by atoms with van der Waals surface area (Å²) >= 11 is 0. The van der Waals surface area contributed by atoms with Crippen molar-refractivity contribution in [3.8, 4) is 5.88 Å². The van der Waals surface area contributed by atoms with Gasteiger partial charge in [0.05, 0.1) is 16.9 Å². The fraction of sp³-hybridized carbons (Fsp3) is 0.352. The predicted molar refractivity (Wildman–Crippen MR) is 289 cm³/mol. The molecule has 0 fully saturated rings. The number of H-pyrrole nitrogens is 1. The van der Waals surface area contributed by atoms with Crippen molar-refractivity contribution in [2.24, 2.45) is 0 Å². The second-order valence-corrected chi connectivity index (χ2v) is 24.8. The van der Waals surface area contributed by atoms with Crippen molar-refractivity contribution >= 4 is 65.2 Å². The van der Waals surface area contributed by atoms with Gasteiger partial charge in [-0.2, -0.15) is 8.42 Å². The van der Waals surface area contributed by atoms with Gasteiger partial charge in [0.15, 0.2) is 5.03 Å². The highest BCUT2D eigenvalue weighted by Crippen LogP contribution is 2.41. The lowest BCUT2D eigenvalue weighted by Gasteiger charge is -2.16. The monoisotopic (exact) mass is 1120 g/mol. The molecule has 0 bridgehead atoms. The molecule has 6 aliphatic carbocycles. The third-order valence-corrected chi connectivity index (χ3v) is 18.8. The zero-order valence-electron chi connectivity index (χ0n) is 42.7. The minimum Gasteiger partial charge on any atom is -0.481 e. The number of nitrogens with one attached hydrogen (secondary N) is 7. The summed E-state index contributed by atoms with van der Waals surface area (Å²) in [6, 6.07) is 10.5. The van der Waals surface area contributed by atoms with E-state index in [9.17, 15) is 44.4 Å². The first-order valence-electron chi connectivity index (χ1n) is 25.9. The largest absolute Gasteiger partial charge is 0.481 e. The average Bonchev–Trinajstić information content (AvgIpc) is 4.39. The number of fused-ring (bicyclic) bond motifs is 6. The number of aryl methyl sites for hydroxylation is 6. The lowest BCUT2D eigenvalue weighted by Crippen LogP contribution is -2.35. The zero-order chi connectivity index (χ0) is 54.8. The van der Waals surface area contributed by atoms with Crippen LogP contribution in [0.2, 0.25) is 0 Å². The molecule has 0 unspecified atom stereocenters. The molecule has 408 valence electrons. The highest BCUT2D eigenvalue weighted by molar-refractivity contribution is 7.90. The first-order chi connectivity index (χ1) is 37.5. The standard InChI is InChI=1S/C18H20N4O4S.C18H19N3O4S.C18H19N3O3S/c1-26-15-9-16(20-10-19-15)27(24,25)22-18(23)21-17-13-6-2-4-11(13)8-12-5-3-7-14(12)17;22-16-10-13(7-8-19-16)26(24,25)21-18(23)20-17-14-5-1-3-11(14)9-12-4-2-6-15(12)17;22-18(21-25(23,24)14-7-9-19-10-8-14)20-17-15-5-1-3-12(15)11-13-4-2-6-16(13)17/h8-10H,2-7H2,1H3,(H2,21,22,23);7-10H,1-6H2,(H,19,22)(H2,20,21,23);7-11H,1-6H2,(H2,20,21,22). The number of ether oxygens (including phenoxy) is 1. The quantitative estimate of drug-likeness (QED) is 0.0730. The maximum atomic E-state index is 12.5. The minimum atomic E-state index is -4.13. The van der Waals surface area contributed by atoms with Crippen LogP contribution in [0.5, 0.6) is 5.88 Å². The van der Waals surface area contributed by atoms with Gasteiger partial charge in [0.1, 0.15) is 6.33 Å². The van der Waals surface area contributed by atoms with Gasteiger partial charge in [-0.1, -0.05) is 18.2 Å². The van der Waals surface area contributed by atoms with Crippen molar-refractivity contribution in [1.29, 1.82) is 0 Å². The number of carbonyl (C=O) groups excluding carboxylic acids is 3. The molecule has 0 spiro atoms. The summed E-state index contributed by atoms with van der Waals surface area (Å²) in [6.07, 6.45) is 22.8. The zero-order valence-corrected chi connectivity index (χ0v) is 45.2. The molecule has 12 rings (SSSR count). The smallest absolute Gasteiger partial charge is 0.333 e. The predicted octanol–water partition coefficient (Wildman–Crippen LogP) is 6.41. The van der Waals surface area contributed by atoms with Gasteiger partial charge in [0, 0.05) is 47.8 Å². The van der Waals surface area contributed by atoms with E-state index < -0.39 is 53.7 Å². The molecule has 78 heavy (non-hydrogen) atoms. The van der Waals surface area contributed by atoms with Gasteiger partial charge in [0.25, 0.3) is 30.1 Å². The summed E-state index contributed by atoms with van der Waals surface area (Å²) in [4.78, 5) is 62.0. The topological polar surface area (TPSA) is 307 Å². The molecule has 24 heteroatoms.